The van der Waals surface area contributed by atoms with Crippen molar-refractivity contribution in [3.05, 3.63) is 29.3 Å². The van der Waals surface area contributed by atoms with E-state index in [0.717, 1.165) is 16.8 Å². The molecule has 0 aliphatic carbocycles. The van der Waals surface area contributed by atoms with Crippen molar-refractivity contribution in [3.8, 4) is 0 Å². The summed E-state index contributed by atoms with van der Waals surface area (Å²) in [6.45, 7) is 9.89. The molecule has 1 N–H and O–H groups in total. The van der Waals surface area contributed by atoms with Crippen LogP contribution in [0.1, 0.15) is 38.3 Å². The lowest BCUT2D eigenvalue weighted by atomic mass is 9.94. The third-order valence-electron chi connectivity index (χ3n) is 4.27. The van der Waals surface area contributed by atoms with Gasteiger partial charge in [0.1, 0.15) is 12.1 Å². The van der Waals surface area contributed by atoms with Crippen LogP contribution in [0, 0.1) is 19.8 Å². The lowest BCUT2D eigenvalue weighted by Crippen LogP contribution is -2.65. The highest BCUT2D eigenvalue weighted by molar-refractivity contribution is 6.08. The molecule has 0 bridgehead atoms. The molecular weight excluding hydrogens is 264 g/mol. The van der Waals surface area contributed by atoms with Crippen LogP contribution in [0.5, 0.6) is 0 Å². The molecule has 1 fully saturated rings. The zero-order chi connectivity index (χ0) is 15.7. The second kappa shape index (κ2) is 5.88. The molecule has 114 valence electrons. The number of nitrogens with one attached hydrogen (secondary N) is 1. The van der Waals surface area contributed by atoms with Gasteiger partial charge in [0.05, 0.1) is 0 Å². The minimum atomic E-state index is -0.444. The first-order chi connectivity index (χ1) is 9.88. The summed E-state index contributed by atoms with van der Waals surface area (Å²) >= 11 is 0. The average molecular weight is 288 g/mol. The highest BCUT2D eigenvalue weighted by atomic mass is 16.2. The standard InChI is InChI=1S/C17H24N2O2/c1-6-13-17(21)19(15(10(2)3)16(20)18-13)14-9-7-8-11(4)12(14)5/h7-10,13,15H,6H2,1-5H3,(H,18,20). The number of carbonyl (C=O) groups excluding carboxylic acids is 2. The van der Waals surface area contributed by atoms with Crippen molar-refractivity contribution in [1.29, 1.82) is 0 Å². The summed E-state index contributed by atoms with van der Waals surface area (Å²) < 4.78 is 0. The number of rotatable bonds is 3. The van der Waals surface area contributed by atoms with Gasteiger partial charge in [-0.25, -0.2) is 0 Å². The second-order valence-corrected chi connectivity index (χ2v) is 6.09. The molecule has 2 rings (SSSR count). The fourth-order valence-corrected chi connectivity index (χ4v) is 2.88. The van der Waals surface area contributed by atoms with Crippen molar-refractivity contribution in [2.24, 2.45) is 5.92 Å². The Morgan fingerprint density at radius 2 is 1.90 bits per heavy atom. The van der Waals surface area contributed by atoms with Gasteiger partial charge < -0.3 is 5.32 Å². The van der Waals surface area contributed by atoms with Crippen molar-refractivity contribution >= 4 is 17.5 Å². The Morgan fingerprint density at radius 1 is 1.24 bits per heavy atom. The molecule has 0 aromatic heterocycles. The van der Waals surface area contributed by atoms with E-state index >= 15 is 0 Å². The van der Waals surface area contributed by atoms with Gasteiger partial charge in [0.15, 0.2) is 0 Å². The summed E-state index contributed by atoms with van der Waals surface area (Å²) in [4.78, 5) is 26.9. The molecule has 0 saturated carbocycles. The smallest absolute Gasteiger partial charge is 0.250 e. The van der Waals surface area contributed by atoms with Crippen LogP contribution < -0.4 is 10.2 Å². The lowest BCUT2D eigenvalue weighted by Gasteiger charge is -2.41. The van der Waals surface area contributed by atoms with Crippen LogP contribution in [0.3, 0.4) is 0 Å². The predicted octanol–water partition coefficient (Wildman–Crippen LogP) is 2.57. The highest BCUT2D eigenvalue weighted by Gasteiger charge is 2.42. The second-order valence-electron chi connectivity index (χ2n) is 6.09. The SMILES string of the molecule is CCC1NC(=O)C(C(C)C)N(c2cccc(C)c2C)C1=O. The molecule has 2 unspecified atom stereocenters. The molecule has 2 amide bonds. The van der Waals surface area contributed by atoms with Gasteiger partial charge in [-0.2, -0.15) is 0 Å². The van der Waals surface area contributed by atoms with Crippen LogP contribution in [-0.2, 0) is 9.59 Å². The summed E-state index contributed by atoms with van der Waals surface area (Å²) in [6.07, 6.45) is 0.608. The molecule has 1 heterocycles. The van der Waals surface area contributed by atoms with E-state index in [1.54, 1.807) is 4.90 Å². The van der Waals surface area contributed by atoms with E-state index < -0.39 is 12.1 Å². The molecule has 1 aromatic carbocycles. The third kappa shape index (κ3) is 2.67. The number of anilines is 1. The average Bonchev–Trinajstić information content (AvgIpc) is 2.43. The first-order valence-electron chi connectivity index (χ1n) is 7.58. The fourth-order valence-electron chi connectivity index (χ4n) is 2.88. The van der Waals surface area contributed by atoms with Crippen molar-refractivity contribution < 1.29 is 9.59 Å². The minimum absolute atomic E-state index is 0.00972. The van der Waals surface area contributed by atoms with Crippen molar-refractivity contribution in [3.63, 3.8) is 0 Å². The maximum atomic E-state index is 12.8. The zero-order valence-corrected chi connectivity index (χ0v) is 13.4. The fraction of sp³-hybridized carbons (Fsp3) is 0.529. The van der Waals surface area contributed by atoms with E-state index in [2.05, 4.69) is 5.32 Å². The van der Waals surface area contributed by atoms with Gasteiger partial charge in [-0.3, -0.25) is 14.5 Å². The Balaban J connectivity index is 2.55. The van der Waals surface area contributed by atoms with Crippen molar-refractivity contribution in [1.82, 2.24) is 5.32 Å². The molecule has 1 saturated heterocycles. The quantitative estimate of drug-likeness (QED) is 0.929. The number of hydrogen-bond acceptors (Lipinski definition) is 2. The summed E-state index contributed by atoms with van der Waals surface area (Å²) in [5, 5.41) is 2.85. The molecule has 0 spiro atoms. The predicted molar refractivity (Wildman–Crippen MR) is 84.2 cm³/mol. The van der Waals surface area contributed by atoms with Crippen LogP contribution in [0.2, 0.25) is 0 Å². The van der Waals surface area contributed by atoms with E-state index in [1.807, 2.05) is 52.8 Å². The molecule has 1 aliphatic rings. The summed E-state index contributed by atoms with van der Waals surface area (Å²) in [5.41, 5.74) is 3.04. The van der Waals surface area contributed by atoms with E-state index in [9.17, 15) is 9.59 Å². The van der Waals surface area contributed by atoms with Crippen LogP contribution in [0.4, 0.5) is 5.69 Å². The topological polar surface area (TPSA) is 49.4 Å². The number of nitrogens with zero attached hydrogens (tertiary/aromatic N) is 1. The number of amides is 2. The Morgan fingerprint density at radius 3 is 2.48 bits per heavy atom. The van der Waals surface area contributed by atoms with E-state index in [0.29, 0.717) is 6.42 Å². The van der Waals surface area contributed by atoms with Crippen LogP contribution in [0.15, 0.2) is 18.2 Å². The van der Waals surface area contributed by atoms with E-state index in [-0.39, 0.29) is 17.7 Å². The Bertz CT molecular complexity index is 566. The summed E-state index contributed by atoms with van der Waals surface area (Å²) in [5.74, 6) is -0.00600. The van der Waals surface area contributed by atoms with Gasteiger partial charge in [0, 0.05) is 5.69 Å². The van der Waals surface area contributed by atoms with Gasteiger partial charge >= 0.3 is 0 Å². The van der Waals surface area contributed by atoms with Crippen molar-refractivity contribution in [2.45, 2.75) is 53.1 Å². The third-order valence-corrected chi connectivity index (χ3v) is 4.27. The Kier molecular flexibility index (Phi) is 4.35. The monoisotopic (exact) mass is 288 g/mol. The van der Waals surface area contributed by atoms with E-state index in [4.69, 9.17) is 0 Å². The molecule has 4 nitrogen and oxygen atoms in total. The molecule has 2 atom stereocenters. The normalized spacial score (nSPS) is 22.7. The maximum Gasteiger partial charge on any atom is 0.250 e. The van der Waals surface area contributed by atoms with Gasteiger partial charge in [-0.1, -0.05) is 32.9 Å². The van der Waals surface area contributed by atoms with Gasteiger partial charge in [-0.15, -0.1) is 0 Å². The van der Waals surface area contributed by atoms with Crippen molar-refractivity contribution in [2.75, 3.05) is 4.90 Å². The first-order valence-corrected chi connectivity index (χ1v) is 7.58. The number of benzene rings is 1. The summed E-state index contributed by atoms with van der Waals surface area (Å²) in [6, 6.07) is 5.03. The minimum Gasteiger partial charge on any atom is -0.342 e. The number of piperazine rings is 1. The van der Waals surface area contributed by atoms with Gasteiger partial charge in [0.25, 0.3) is 0 Å². The van der Waals surface area contributed by atoms with Crippen LogP contribution >= 0.6 is 0 Å². The Hall–Kier alpha value is -1.84. The Labute approximate surface area is 126 Å². The molecule has 4 heteroatoms. The largest absolute Gasteiger partial charge is 0.342 e. The number of aryl methyl sites for hydroxylation is 1. The number of carbonyl (C=O) groups is 2. The molecule has 0 radical (unpaired) electrons. The maximum absolute atomic E-state index is 12.8. The van der Waals surface area contributed by atoms with Crippen LogP contribution in [-0.4, -0.2) is 23.9 Å². The summed E-state index contributed by atoms with van der Waals surface area (Å²) in [7, 11) is 0. The lowest BCUT2D eigenvalue weighted by molar-refractivity contribution is -0.134. The molecule has 1 aliphatic heterocycles. The van der Waals surface area contributed by atoms with E-state index in [1.165, 1.54) is 0 Å². The van der Waals surface area contributed by atoms with Crippen LogP contribution in [0.25, 0.3) is 0 Å². The van der Waals surface area contributed by atoms with Gasteiger partial charge in [-0.05, 0) is 43.4 Å². The molecular formula is C17H24N2O2. The highest BCUT2D eigenvalue weighted by Crippen LogP contribution is 2.30. The van der Waals surface area contributed by atoms with Gasteiger partial charge in [0.2, 0.25) is 11.8 Å². The molecule has 21 heavy (non-hydrogen) atoms. The zero-order valence-electron chi connectivity index (χ0n) is 13.4. The first kappa shape index (κ1) is 15.5. The number of hydrogen-bond donors (Lipinski definition) is 1. The molecule has 1 aromatic rings.